The van der Waals surface area contributed by atoms with Crippen LogP contribution in [0, 0.1) is 13.8 Å². The molecule has 4 aliphatic rings. The molecular weight excluding hydrogens is 749 g/mol. The van der Waals surface area contributed by atoms with E-state index in [1.165, 1.54) is 126 Å². The van der Waals surface area contributed by atoms with Crippen molar-refractivity contribution in [2.24, 2.45) is 0 Å². The van der Waals surface area contributed by atoms with Crippen molar-refractivity contribution in [1.29, 1.82) is 0 Å². The molecule has 0 N–H and O–H groups in total. The van der Waals surface area contributed by atoms with E-state index in [4.69, 9.17) is 0 Å². The van der Waals surface area contributed by atoms with Gasteiger partial charge in [-0.2, -0.15) is 0 Å². The molecule has 1 aromatic heterocycles. The summed E-state index contributed by atoms with van der Waals surface area (Å²) >= 11 is 0. The van der Waals surface area contributed by atoms with Crippen molar-refractivity contribution in [1.82, 2.24) is 4.57 Å². The van der Waals surface area contributed by atoms with Gasteiger partial charge in [0.15, 0.2) is 0 Å². The fourth-order valence-electron chi connectivity index (χ4n) is 12.3. The molecule has 62 heavy (non-hydrogen) atoms. The molecule has 2 unspecified atom stereocenters. The second kappa shape index (κ2) is 12.7. The second-order valence-electron chi connectivity index (χ2n) is 23.2. The second-order valence-corrected chi connectivity index (χ2v) is 23.2. The Kier molecular flexibility index (Phi) is 8.12. The average Bonchev–Trinajstić information content (AvgIpc) is 3.64. The molecule has 0 bridgehead atoms. The lowest BCUT2D eigenvalue weighted by Crippen LogP contribution is -2.64. The first-order chi connectivity index (χ1) is 29.2. The largest absolute Gasteiger partial charge is 0.335 e. The Morgan fingerprint density at radius 2 is 1.15 bits per heavy atom. The lowest BCUT2D eigenvalue weighted by molar-refractivity contribution is 0.195. The highest BCUT2D eigenvalue weighted by molar-refractivity contribution is 7.00. The third kappa shape index (κ3) is 5.37. The zero-order chi connectivity index (χ0) is 43.6. The minimum absolute atomic E-state index is 0.00493. The molecule has 0 radical (unpaired) electrons. The van der Waals surface area contributed by atoms with Crippen LogP contribution in [-0.4, -0.2) is 16.8 Å². The summed E-state index contributed by atoms with van der Waals surface area (Å²) in [6.07, 6.45) is 4.89. The number of anilines is 5. The maximum absolute atomic E-state index is 2.91. The van der Waals surface area contributed by atoms with Gasteiger partial charge in [0.25, 0.3) is 6.71 Å². The van der Waals surface area contributed by atoms with Crippen LogP contribution in [-0.2, 0) is 21.7 Å². The highest BCUT2D eigenvalue weighted by atomic mass is 15.3. The average molecular weight is 814 g/mol. The number of nitrogens with zero attached hydrogens (tertiary/aromatic N) is 3. The van der Waals surface area contributed by atoms with Crippen LogP contribution in [0.4, 0.5) is 28.4 Å². The summed E-state index contributed by atoms with van der Waals surface area (Å²) in [6.45, 7) is 31.3. The minimum atomic E-state index is -0.0864. The smallest absolute Gasteiger partial charge is 0.252 e. The van der Waals surface area contributed by atoms with Crippen molar-refractivity contribution in [2.45, 2.75) is 143 Å². The molecule has 7 aromatic rings. The lowest BCUT2D eigenvalue weighted by Gasteiger charge is -2.52. The van der Waals surface area contributed by atoms with E-state index in [1.54, 1.807) is 5.56 Å². The zero-order valence-corrected chi connectivity index (χ0v) is 39.6. The van der Waals surface area contributed by atoms with E-state index in [0.717, 1.165) is 0 Å². The first-order valence-electron chi connectivity index (χ1n) is 23.4. The Balaban J connectivity index is 1.35. The molecule has 314 valence electrons. The van der Waals surface area contributed by atoms with Crippen LogP contribution < -0.4 is 26.2 Å². The molecule has 4 heteroatoms. The molecule has 2 atom stereocenters. The first kappa shape index (κ1) is 39.6. The normalized spacial score (nSPS) is 20.1. The third-order valence-corrected chi connectivity index (χ3v) is 16.0. The van der Waals surface area contributed by atoms with Crippen molar-refractivity contribution >= 4 is 73.3 Å². The number of hydrogen-bond acceptors (Lipinski definition) is 2. The fourth-order valence-corrected chi connectivity index (χ4v) is 12.3. The minimum Gasteiger partial charge on any atom is -0.335 e. The molecule has 1 saturated carbocycles. The molecule has 1 aliphatic carbocycles. The van der Waals surface area contributed by atoms with Gasteiger partial charge in [-0.05, 0) is 154 Å². The summed E-state index contributed by atoms with van der Waals surface area (Å²) in [6, 6.07) is 41.2. The Bertz CT molecular complexity index is 3010. The van der Waals surface area contributed by atoms with Crippen LogP contribution in [0.1, 0.15) is 135 Å². The van der Waals surface area contributed by atoms with Gasteiger partial charge in [-0.3, -0.25) is 0 Å². The van der Waals surface area contributed by atoms with Crippen molar-refractivity contribution in [3.8, 4) is 5.69 Å². The van der Waals surface area contributed by atoms with E-state index in [0.29, 0.717) is 0 Å². The third-order valence-electron chi connectivity index (χ3n) is 16.0. The highest BCUT2D eigenvalue weighted by Gasteiger charge is 2.61. The maximum atomic E-state index is 2.91. The number of fused-ring (bicyclic) bond motifs is 10. The summed E-state index contributed by atoms with van der Waals surface area (Å²) < 4.78 is 2.69. The van der Waals surface area contributed by atoms with E-state index in [1.807, 2.05) is 0 Å². The topological polar surface area (TPSA) is 11.4 Å². The van der Waals surface area contributed by atoms with E-state index in [2.05, 4.69) is 208 Å². The Morgan fingerprint density at radius 1 is 0.565 bits per heavy atom. The van der Waals surface area contributed by atoms with Crippen LogP contribution in [0.15, 0.2) is 103 Å². The summed E-state index contributed by atoms with van der Waals surface area (Å²) in [5.41, 5.74) is 23.1. The molecule has 11 rings (SSSR count). The standard InChI is InChI=1S/C58H64BN3/c1-35-18-16-20-40(26-35)60(41-21-17-19-36(2)27-41)42-33-49-51-50(34-42)62-53-45(57(12)24-14-15-25-58(57,62)13)30-39(56(9,10)11)32-47(53)59(51)46-31-38(55(6,7)8)29-44-43-28-37(54(3,4)5)22-23-48(43)61(49)52(44)46/h16-23,26-34H,14-15,24-25H2,1-13H3. The number of rotatable bonds is 3. The van der Waals surface area contributed by atoms with Gasteiger partial charge in [-0.1, -0.05) is 131 Å². The summed E-state index contributed by atoms with van der Waals surface area (Å²) in [4.78, 5) is 5.44. The van der Waals surface area contributed by atoms with E-state index in [9.17, 15) is 0 Å². The van der Waals surface area contributed by atoms with Crippen molar-refractivity contribution in [3.63, 3.8) is 0 Å². The van der Waals surface area contributed by atoms with Crippen molar-refractivity contribution in [3.05, 3.63) is 137 Å². The SMILES string of the molecule is Cc1cccc(N(c2cccc(C)c2)c2cc3c4c(c2)-n2c5ccc(C(C)(C)C)cc5c5cc(C(C)(C)C)cc(c52)B4c2cc(C(C)(C)C)cc4c2N3C2(C)CCCCC42C)c1. The number of benzene rings is 6. The molecule has 0 spiro atoms. The van der Waals surface area contributed by atoms with Gasteiger partial charge >= 0.3 is 0 Å². The Morgan fingerprint density at radius 3 is 1.77 bits per heavy atom. The fraction of sp³-hybridized carbons (Fsp3) is 0.379. The van der Waals surface area contributed by atoms with Gasteiger partial charge in [0.2, 0.25) is 0 Å². The number of aryl methyl sites for hydroxylation is 2. The molecule has 1 fully saturated rings. The molecule has 0 saturated heterocycles. The van der Waals surface area contributed by atoms with Gasteiger partial charge in [0.05, 0.1) is 16.7 Å². The first-order valence-corrected chi connectivity index (χ1v) is 23.4. The number of hydrogen-bond donors (Lipinski definition) is 0. The maximum Gasteiger partial charge on any atom is 0.252 e. The Hall–Kier alpha value is -5.22. The lowest BCUT2D eigenvalue weighted by atomic mass is 9.33. The van der Waals surface area contributed by atoms with E-state index >= 15 is 0 Å². The quantitative estimate of drug-likeness (QED) is 0.165. The molecular formula is C58H64BN3. The van der Waals surface area contributed by atoms with Crippen LogP contribution >= 0.6 is 0 Å². The summed E-state index contributed by atoms with van der Waals surface area (Å²) in [5.74, 6) is 0. The number of aromatic nitrogens is 1. The monoisotopic (exact) mass is 814 g/mol. The summed E-state index contributed by atoms with van der Waals surface area (Å²) in [5, 5.41) is 2.73. The predicted molar refractivity (Wildman–Crippen MR) is 268 cm³/mol. The van der Waals surface area contributed by atoms with Gasteiger partial charge in [-0.15, -0.1) is 0 Å². The van der Waals surface area contributed by atoms with Crippen LogP contribution in [0.2, 0.25) is 0 Å². The van der Waals surface area contributed by atoms with Gasteiger partial charge in [-0.25, -0.2) is 0 Å². The summed E-state index contributed by atoms with van der Waals surface area (Å²) in [7, 11) is 0. The van der Waals surface area contributed by atoms with Crippen LogP contribution in [0.5, 0.6) is 0 Å². The molecule has 3 aliphatic heterocycles. The van der Waals surface area contributed by atoms with Gasteiger partial charge in [0, 0.05) is 50.1 Å². The van der Waals surface area contributed by atoms with Crippen molar-refractivity contribution in [2.75, 3.05) is 9.80 Å². The van der Waals surface area contributed by atoms with Gasteiger partial charge in [0.1, 0.15) is 0 Å². The molecule has 4 heterocycles. The van der Waals surface area contributed by atoms with E-state index < -0.39 is 0 Å². The molecule has 0 amide bonds. The zero-order valence-electron chi connectivity index (χ0n) is 39.6. The van der Waals surface area contributed by atoms with E-state index in [-0.39, 0.29) is 33.9 Å². The van der Waals surface area contributed by atoms with Crippen LogP contribution in [0.25, 0.3) is 27.5 Å². The van der Waals surface area contributed by atoms with Crippen molar-refractivity contribution < 1.29 is 0 Å². The predicted octanol–water partition coefficient (Wildman–Crippen LogP) is 13.6. The molecule has 3 nitrogen and oxygen atoms in total. The Labute approximate surface area is 371 Å². The van der Waals surface area contributed by atoms with Crippen LogP contribution in [0.3, 0.4) is 0 Å². The van der Waals surface area contributed by atoms with Gasteiger partial charge < -0.3 is 14.4 Å². The highest BCUT2D eigenvalue weighted by Crippen LogP contribution is 2.62. The molecule has 6 aromatic carbocycles.